The molecule has 6 nitrogen and oxygen atoms in total. The van der Waals surface area contributed by atoms with Gasteiger partial charge in [-0.3, -0.25) is 10.1 Å². The minimum atomic E-state index is -3.34. The van der Waals surface area contributed by atoms with Gasteiger partial charge in [0.05, 0.1) is 17.1 Å². The summed E-state index contributed by atoms with van der Waals surface area (Å²) < 4.78 is 31.0. The molecule has 0 amide bonds. The molecule has 17 heavy (non-hydrogen) atoms. The number of rotatable bonds is 2. The van der Waals surface area contributed by atoms with E-state index in [9.17, 15) is 8.42 Å². The van der Waals surface area contributed by atoms with Crippen LogP contribution in [-0.2, 0) is 14.8 Å². The number of aromatic nitrogens is 3. The van der Waals surface area contributed by atoms with Gasteiger partial charge in [-0.2, -0.15) is 4.09 Å². The van der Waals surface area contributed by atoms with Crippen molar-refractivity contribution in [2.24, 2.45) is 0 Å². The third-order valence-corrected chi connectivity index (χ3v) is 5.14. The summed E-state index contributed by atoms with van der Waals surface area (Å²) in [5, 5.41) is 2.47. The Bertz CT molecular complexity index is 554. The molecule has 3 aliphatic heterocycles. The maximum absolute atomic E-state index is 12.3. The van der Waals surface area contributed by atoms with Gasteiger partial charge in [-0.15, -0.1) is 0 Å². The van der Waals surface area contributed by atoms with Crippen molar-refractivity contribution in [1.82, 2.24) is 14.2 Å². The van der Waals surface area contributed by atoms with E-state index < -0.39 is 10.0 Å². The van der Waals surface area contributed by atoms with Crippen LogP contribution < -0.4 is 0 Å². The van der Waals surface area contributed by atoms with Crippen molar-refractivity contribution in [3.05, 3.63) is 18.6 Å². The highest BCUT2D eigenvalue weighted by Crippen LogP contribution is 2.23. The van der Waals surface area contributed by atoms with Crippen molar-refractivity contribution in [3.8, 4) is 11.3 Å². The fourth-order valence-electron chi connectivity index (χ4n) is 2.08. The number of ether oxygens (including phenoxy) is 1. The Morgan fingerprint density at radius 2 is 2.12 bits per heavy atom. The van der Waals surface area contributed by atoms with Gasteiger partial charge in [0.15, 0.2) is 0 Å². The second-order valence-electron chi connectivity index (χ2n) is 4.17. The van der Waals surface area contributed by atoms with Crippen molar-refractivity contribution < 1.29 is 13.2 Å². The monoisotopic (exact) mass is 255 g/mol. The number of nitrogens with one attached hydrogen (secondary N) is 1. The van der Waals surface area contributed by atoms with Crippen LogP contribution in [0.1, 0.15) is 12.8 Å². The van der Waals surface area contributed by atoms with E-state index in [1.807, 2.05) is 0 Å². The van der Waals surface area contributed by atoms with Crippen LogP contribution in [0, 0.1) is 0 Å². The predicted molar refractivity (Wildman–Crippen MR) is 61.4 cm³/mol. The first kappa shape index (κ1) is 10.8. The molecule has 0 aromatic rings. The zero-order valence-corrected chi connectivity index (χ0v) is 9.98. The van der Waals surface area contributed by atoms with Crippen molar-refractivity contribution in [2.45, 2.75) is 18.1 Å². The highest BCUT2D eigenvalue weighted by Gasteiger charge is 2.30. The summed E-state index contributed by atoms with van der Waals surface area (Å²) in [5.74, 6) is 0. The van der Waals surface area contributed by atoms with E-state index >= 15 is 0 Å². The van der Waals surface area contributed by atoms with Gasteiger partial charge in [0.1, 0.15) is 0 Å². The molecular formula is C10H13N3O3S. The van der Waals surface area contributed by atoms with Crippen LogP contribution in [0.25, 0.3) is 11.3 Å². The molecule has 92 valence electrons. The molecule has 0 bridgehead atoms. The lowest BCUT2D eigenvalue weighted by Gasteiger charge is -2.22. The molecule has 3 rings (SSSR count). The van der Waals surface area contributed by atoms with Crippen LogP contribution in [0.3, 0.4) is 0 Å². The normalized spacial score (nSPS) is 18.8. The lowest BCUT2D eigenvalue weighted by Crippen LogP contribution is -2.33. The van der Waals surface area contributed by atoms with Crippen LogP contribution in [0.15, 0.2) is 18.6 Å². The van der Waals surface area contributed by atoms with Crippen LogP contribution in [-0.4, -0.2) is 41.1 Å². The number of H-pyrrole nitrogens is 1. The summed E-state index contributed by atoms with van der Waals surface area (Å²) >= 11 is 0. The maximum Gasteiger partial charge on any atom is 0.255 e. The lowest BCUT2D eigenvalue weighted by molar-refractivity contribution is 0.0981. The van der Waals surface area contributed by atoms with Crippen molar-refractivity contribution in [3.63, 3.8) is 0 Å². The molecule has 0 spiro atoms. The molecule has 1 saturated heterocycles. The molecule has 0 unspecified atom stereocenters. The van der Waals surface area contributed by atoms with Crippen molar-refractivity contribution in [2.75, 3.05) is 13.2 Å². The fraction of sp³-hybridized carbons (Fsp3) is 0.500. The molecular weight excluding hydrogens is 242 g/mol. The van der Waals surface area contributed by atoms with Gasteiger partial charge in [-0.1, -0.05) is 0 Å². The Labute approximate surface area is 99.0 Å². The SMILES string of the molecule is O=S(=O)(C1CCOCC1)n1cc2cncc-2[nH]1. The van der Waals surface area contributed by atoms with E-state index in [-0.39, 0.29) is 5.25 Å². The number of nitrogens with zero attached hydrogens (tertiary/aromatic N) is 2. The Morgan fingerprint density at radius 3 is 2.82 bits per heavy atom. The minimum Gasteiger partial charge on any atom is -0.381 e. The first-order valence-corrected chi connectivity index (χ1v) is 7.01. The lowest BCUT2D eigenvalue weighted by atomic mass is 10.2. The Morgan fingerprint density at radius 1 is 1.35 bits per heavy atom. The van der Waals surface area contributed by atoms with E-state index in [4.69, 9.17) is 4.74 Å². The summed E-state index contributed by atoms with van der Waals surface area (Å²) in [7, 11) is -3.34. The molecule has 0 saturated carbocycles. The number of hydrogen-bond acceptors (Lipinski definition) is 4. The molecule has 1 N–H and O–H groups in total. The highest BCUT2D eigenvalue weighted by atomic mass is 32.2. The Hall–Kier alpha value is -1.34. The molecule has 1 fully saturated rings. The number of aromatic amines is 1. The maximum atomic E-state index is 12.3. The predicted octanol–water partition coefficient (Wildman–Crippen LogP) is 0.673. The molecule has 0 aromatic carbocycles. The summed E-state index contributed by atoms with van der Waals surface area (Å²) in [6.45, 7) is 1.02. The van der Waals surface area contributed by atoms with Crippen molar-refractivity contribution in [1.29, 1.82) is 0 Å². The second kappa shape index (κ2) is 3.85. The second-order valence-corrected chi connectivity index (χ2v) is 6.26. The van der Waals surface area contributed by atoms with E-state index in [0.29, 0.717) is 26.1 Å². The number of fused-ring (bicyclic) bond motifs is 1. The molecule has 0 aliphatic carbocycles. The zero-order chi connectivity index (χ0) is 11.9. The molecule has 3 heterocycles. The van der Waals surface area contributed by atoms with E-state index in [1.54, 1.807) is 18.6 Å². The van der Waals surface area contributed by atoms with Gasteiger partial charge < -0.3 is 4.74 Å². The highest BCUT2D eigenvalue weighted by molar-refractivity contribution is 7.90. The average molecular weight is 255 g/mol. The summed E-state index contributed by atoms with van der Waals surface area (Å²) in [6, 6.07) is 0. The van der Waals surface area contributed by atoms with Gasteiger partial charge in [0, 0.05) is 31.2 Å². The largest absolute Gasteiger partial charge is 0.381 e. The summed E-state index contributed by atoms with van der Waals surface area (Å²) in [5.41, 5.74) is 1.54. The van der Waals surface area contributed by atoms with Gasteiger partial charge in [0.2, 0.25) is 0 Å². The topological polar surface area (TPSA) is 77.0 Å². The van der Waals surface area contributed by atoms with Crippen LogP contribution in [0.4, 0.5) is 0 Å². The standard InChI is InChI=1S/C10H13N3O3S/c14-17(15,9-1-3-16-4-2-9)13-7-8-5-11-6-10(8)12-13/h5-7,9,12H,1-4H2. The third kappa shape index (κ3) is 1.75. The molecule has 0 aromatic heterocycles. The summed E-state index contributed by atoms with van der Waals surface area (Å²) in [4.78, 5) is 3.94. The van der Waals surface area contributed by atoms with Gasteiger partial charge in [0.25, 0.3) is 10.0 Å². The first-order valence-electron chi connectivity index (χ1n) is 5.51. The minimum absolute atomic E-state index is 0.364. The van der Waals surface area contributed by atoms with Gasteiger partial charge >= 0.3 is 0 Å². The average Bonchev–Trinajstić information content (AvgIpc) is 2.90. The fourth-order valence-corrected chi connectivity index (χ4v) is 3.68. The Kier molecular flexibility index (Phi) is 2.44. The third-order valence-electron chi connectivity index (χ3n) is 3.08. The van der Waals surface area contributed by atoms with Crippen LogP contribution in [0.2, 0.25) is 0 Å². The summed E-state index contributed by atoms with van der Waals surface area (Å²) in [6.07, 6.45) is 5.94. The smallest absolute Gasteiger partial charge is 0.255 e. The molecule has 3 aliphatic rings. The molecule has 0 atom stereocenters. The first-order chi connectivity index (χ1) is 8.18. The van der Waals surface area contributed by atoms with E-state index in [1.165, 1.54) is 4.09 Å². The van der Waals surface area contributed by atoms with Crippen LogP contribution in [0.5, 0.6) is 0 Å². The van der Waals surface area contributed by atoms with Crippen LogP contribution >= 0.6 is 0 Å². The molecule has 0 radical (unpaired) electrons. The van der Waals surface area contributed by atoms with Gasteiger partial charge in [-0.25, -0.2) is 8.42 Å². The Balaban J connectivity index is 1.97. The number of hydrogen-bond donors (Lipinski definition) is 1. The molecule has 7 heteroatoms. The zero-order valence-electron chi connectivity index (χ0n) is 9.17. The quantitative estimate of drug-likeness (QED) is 0.855. The van der Waals surface area contributed by atoms with E-state index in [2.05, 4.69) is 10.1 Å². The van der Waals surface area contributed by atoms with Crippen molar-refractivity contribution >= 4 is 10.0 Å². The van der Waals surface area contributed by atoms with Gasteiger partial charge in [-0.05, 0) is 12.8 Å². The van der Waals surface area contributed by atoms with E-state index in [0.717, 1.165) is 11.3 Å².